The van der Waals surface area contributed by atoms with Gasteiger partial charge in [-0.25, -0.2) is 9.38 Å². The monoisotopic (exact) mass is 404 g/mol. The van der Waals surface area contributed by atoms with Gasteiger partial charge in [-0.05, 0) is 45.4 Å². The van der Waals surface area contributed by atoms with Gasteiger partial charge in [-0.3, -0.25) is 4.79 Å². The second kappa shape index (κ2) is 11.7. The molecule has 0 aliphatic rings. The fourth-order valence-corrected chi connectivity index (χ4v) is 2.54. The molecule has 0 fully saturated rings. The normalized spacial score (nSPS) is 12.3. The van der Waals surface area contributed by atoms with Crippen molar-refractivity contribution in [2.24, 2.45) is 4.99 Å². The predicted molar refractivity (Wildman–Crippen MR) is 111 cm³/mol. The van der Waals surface area contributed by atoms with Crippen molar-refractivity contribution in [1.29, 1.82) is 0 Å². The largest absolute Gasteiger partial charge is 0.486 e. The Morgan fingerprint density at radius 3 is 2.66 bits per heavy atom. The van der Waals surface area contributed by atoms with E-state index < -0.39 is 0 Å². The van der Waals surface area contributed by atoms with Crippen molar-refractivity contribution in [3.8, 4) is 5.75 Å². The number of nitrogens with one attached hydrogen (secondary N) is 3. The minimum Gasteiger partial charge on any atom is -0.486 e. The number of nitrogens with zero attached hydrogens (tertiary/aromatic N) is 1. The topological polar surface area (TPSA) is 87.9 Å². The van der Waals surface area contributed by atoms with Crippen molar-refractivity contribution >= 4 is 11.9 Å². The number of guanidine groups is 1. The summed E-state index contributed by atoms with van der Waals surface area (Å²) in [5, 5.41) is 9.18. The van der Waals surface area contributed by atoms with Crippen LogP contribution in [0.3, 0.4) is 0 Å². The number of carbonyl (C=O) groups excluding carboxylic acids is 1. The molecule has 1 atom stereocenters. The molecule has 3 N–H and O–H groups in total. The lowest BCUT2D eigenvalue weighted by Crippen LogP contribution is -2.39. The molecule has 1 unspecified atom stereocenters. The van der Waals surface area contributed by atoms with Crippen molar-refractivity contribution in [1.82, 2.24) is 16.0 Å². The number of ether oxygens (including phenoxy) is 1. The molecular formula is C21H29FN4O3. The number of aliphatic imine (C=N–C) groups is 1. The predicted octanol–water partition coefficient (Wildman–Crippen LogP) is 2.87. The number of carbonyl (C=O) groups is 1. The molecule has 0 radical (unpaired) electrons. The van der Waals surface area contributed by atoms with Crippen LogP contribution in [0.4, 0.5) is 4.39 Å². The third-order valence-corrected chi connectivity index (χ3v) is 4.02. The maximum Gasteiger partial charge on any atom is 0.287 e. The van der Waals surface area contributed by atoms with Crippen molar-refractivity contribution in [2.75, 3.05) is 26.2 Å². The molecule has 2 rings (SSSR count). The van der Waals surface area contributed by atoms with E-state index in [1.54, 1.807) is 24.3 Å². The zero-order valence-corrected chi connectivity index (χ0v) is 17.1. The summed E-state index contributed by atoms with van der Waals surface area (Å²) in [6.45, 7) is 7.87. The Balaban J connectivity index is 1.72. The Hall–Kier alpha value is -3.03. The Morgan fingerprint density at radius 1 is 1.21 bits per heavy atom. The molecule has 2 aromatic rings. The summed E-state index contributed by atoms with van der Waals surface area (Å²) < 4.78 is 24.4. The molecule has 0 spiro atoms. The first kappa shape index (κ1) is 22.3. The minimum atomic E-state index is -0.389. The van der Waals surface area contributed by atoms with Gasteiger partial charge in [0.15, 0.2) is 23.3 Å². The number of furan rings is 1. The van der Waals surface area contributed by atoms with Crippen molar-refractivity contribution < 1.29 is 18.3 Å². The first-order valence-electron chi connectivity index (χ1n) is 9.77. The van der Waals surface area contributed by atoms with Crippen LogP contribution in [0.25, 0.3) is 0 Å². The number of aryl methyl sites for hydroxylation is 1. The van der Waals surface area contributed by atoms with Crippen LogP contribution in [0.2, 0.25) is 0 Å². The molecule has 1 heterocycles. The zero-order chi connectivity index (χ0) is 21.1. The van der Waals surface area contributed by atoms with Crippen LogP contribution in [0.5, 0.6) is 5.75 Å². The Bertz CT molecular complexity index is 807. The lowest BCUT2D eigenvalue weighted by Gasteiger charge is -2.15. The van der Waals surface area contributed by atoms with Crippen LogP contribution in [0.15, 0.2) is 46.0 Å². The van der Waals surface area contributed by atoms with Crippen molar-refractivity contribution in [2.45, 2.75) is 33.3 Å². The van der Waals surface area contributed by atoms with Crippen LogP contribution >= 0.6 is 0 Å². The SMILES string of the molecule is CCNC(=NCC(C)Oc1ccccc1F)NCCCNC(=O)c1occc1C. The fraction of sp³-hybridized carbons (Fsp3) is 0.429. The summed E-state index contributed by atoms with van der Waals surface area (Å²) in [6.07, 6.45) is 1.94. The molecule has 0 aliphatic heterocycles. The standard InChI is InChI=1S/C21H29FN4O3/c1-4-23-21(26-14-16(3)29-18-9-6-5-8-17(18)22)25-12-7-11-24-20(27)19-15(2)10-13-28-19/h5-6,8-10,13,16H,4,7,11-12,14H2,1-3H3,(H,24,27)(H2,23,25,26). The van der Waals surface area contributed by atoms with Crippen LogP contribution in [0.1, 0.15) is 36.4 Å². The van der Waals surface area contributed by atoms with E-state index in [4.69, 9.17) is 9.15 Å². The van der Waals surface area contributed by atoms with E-state index >= 15 is 0 Å². The Morgan fingerprint density at radius 2 is 1.97 bits per heavy atom. The number of hydrogen-bond acceptors (Lipinski definition) is 4. The first-order valence-corrected chi connectivity index (χ1v) is 9.77. The van der Waals surface area contributed by atoms with E-state index in [9.17, 15) is 9.18 Å². The minimum absolute atomic E-state index is 0.216. The number of benzene rings is 1. The van der Waals surface area contributed by atoms with Gasteiger partial charge in [-0.15, -0.1) is 0 Å². The number of para-hydroxylation sites is 1. The maximum absolute atomic E-state index is 13.7. The summed E-state index contributed by atoms with van der Waals surface area (Å²) in [6, 6.07) is 8.06. The number of rotatable bonds is 10. The number of halogens is 1. The van der Waals surface area contributed by atoms with Crippen LogP contribution < -0.4 is 20.7 Å². The fourth-order valence-electron chi connectivity index (χ4n) is 2.54. The molecule has 0 saturated carbocycles. The Kier molecular flexibility index (Phi) is 9.01. The third kappa shape index (κ3) is 7.48. The first-order chi connectivity index (χ1) is 14.0. The molecule has 0 saturated heterocycles. The van der Waals surface area contributed by atoms with Gasteiger partial charge >= 0.3 is 0 Å². The van der Waals surface area contributed by atoms with Gasteiger partial charge in [-0.1, -0.05) is 12.1 Å². The zero-order valence-electron chi connectivity index (χ0n) is 17.1. The van der Waals surface area contributed by atoms with Crippen molar-refractivity contribution in [3.05, 3.63) is 53.7 Å². The second-order valence-corrected chi connectivity index (χ2v) is 6.55. The average molecular weight is 404 g/mol. The lowest BCUT2D eigenvalue weighted by molar-refractivity contribution is 0.0925. The summed E-state index contributed by atoms with van der Waals surface area (Å²) >= 11 is 0. The second-order valence-electron chi connectivity index (χ2n) is 6.55. The number of amides is 1. The van der Waals surface area contributed by atoms with Gasteiger partial charge in [0.25, 0.3) is 5.91 Å². The highest BCUT2D eigenvalue weighted by molar-refractivity contribution is 5.92. The molecule has 8 heteroatoms. The van der Waals surface area contributed by atoms with Gasteiger partial charge in [0.2, 0.25) is 0 Å². The highest BCUT2D eigenvalue weighted by Gasteiger charge is 2.11. The average Bonchev–Trinajstić information content (AvgIpc) is 3.13. The highest BCUT2D eigenvalue weighted by Crippen LogP contribution is 2.17. The van der Waals surface area contributed by atoms with Crippen LogP contribution in [-0.2, 0) is 0 Å². The third-order valence-electron chi connectivity index (χ3n) is 4.02. The molecule has 158 valence electrons. The molecule has 1 aromatic carbocycles. The van der Waals surface area contributed by atoms with Gasteiger partial charge in [0.05, 0.1) is 12.8 Å². The van der Waals surface area contributed by atoms with Gasteiger partial charge in [-0.2, -0.15) is 0 Å². The summed E-state index contributed by atoms with van der Waals surface area (Å²) in [4.78, 5) is 16.4. The lowest BCUT2D eigenvalue weighted by atomic mass is 10.2. The summed E-state index contributed by atoms with van der Waals surface area (Å²) in [5.41, 5.74) is 0.814. The number of hydrogen-bond donors (Lipinski definition) is 3. The summed E-state index contributed by atoms with van der Waals surface area (Å²) in [5.74, 6) is 0.601. The quantitative estimate of drug-likeness (QED) is 0.322. The van der Waals surface area contributed by atoms with Gasteiger partial charge in [0.1, 0.15) is 6.10 Å². The molecule has 0 bridgehead atoms. The molecule has 7 nitrogen and oxygen atoms in total. The van der Waals surface area contributed by atoms with Gasteiger partial charge < -0.3 is 25.1 Å². The van der Waals surface area contributed by atoms with E-state index in [-0.39, 0.29) is 23.6 Å². The van der Waals surface area contributed by atoms with Crippen molar-refractivity contribution in [3.63, 3.8) is 0 Å². The van der Waals surface area contributed by atoms with E-state index in [2.05, 4.69) is 20.9 Å². The molecule has 0 aliphatic carbocycles. The van der Waals surface area contributed by atoms with Gasteiger partial charge in [0, 0.05) is 25.2 Å². The molecule has 29 heavy (non-hydrogen) atoms. The van der Waals surface area contributed by atoms with E-state index in [1.165, 1.54) is 12.3 Å². The van der Waals surface area contributed by atoms with Crippen LogP contribution in [0, 0.1) is 12.7 Å². The Labute approximate surface area is 170 Å². The van der Waals surface area contributed by atoms with Crippen LogP contribution in [-0.4, -0.2) is 44.1 Å². The highest BCUT2D eigenvalue weighted by atomic mass is 19.1. The molecular weight excluding hydrogens is 375 g/mol. The van der Waals surface area contributed by atoms with E-state index in [0.29, 0.717) is 37.9 Å². The molecule has 1 amide bonds. The van der Waals surface area contributed by atoms with E-state index in [0.717, 1.165) is 12.0 Å². The summed E-state index contributed by atoms with van der Waals surface area (Å²) in [7, 11) is 0. The molecule has 1 aromatic heterocycles. The van der Waals surface area contributed by atoms with E-state index in [1.807, 2.05) is 20.8 Å². The smallest absolute Gasteiger partial charge is 0.287 e. The maximum atomic E-state index is 13.7.